The highest BCUT2D eigenvalue weighted by molar-refractivity contribution is 7.97. The molecule has 0 radical (unpaired) electrons. The largest absolute Gasteiger partial charge is 0.420 e. The first-order valence-electron chi connectivity index (χ1n) is 7.12. The van der Waals surface area contributed by atoms with Crippen molar-refractivity contribution >= 4 is 11.8 Å². The molecule has 0 aliphatic heterocycles. The zero-order valence-corrected chi connectivity index (χ0v) is 12.6. The molecule has 3 aromatic rings. The average molecular weight is 314 g/mol. The van der Waals surface area contributed by atoms with Gasteiger partial charge in [-0.15, -0.1) is 27.1 Å². The van der Waals surface area contributed by atoms with Crippen LogP contribution in [0.3, 0.4) is 0 Å². The Bertz CT molecular complexity index is 752. The van der Waals surface area contributed by atoms with Gasteiger partial charge in [0.05, 0.1) is 17.5 Å². The van der Waals surface area contributed by atoms with Crippen LogP contribution in [0.15, 0.2) is 34.7 Å². The maximum absolute atomic E-state index is 5.68. The van der Waals surface area contributed by atoms with Crippen LogP contribution in [0.5, 0.6) is 0 Å². The molecule has 0 saturated heterocycles. The van der Waals surface area contributed by atoms with Gasteiger partial charge in [-0.3, -0.25) is 0 Å². The number of benzene rings is 1. The Labute approximate surface area is 131 Å². The smallest absolute Gasteiger partial charge is 0.247 e. The van der Waals surface area contributed by atoms with Gasteiger partial charge in [0.2, 0.25) is 11.8 Å². The predicted molar refractivity (Wildman–Crippen MR) is 80.8 cm³/mol. The van der Waals surface area contributed by atoms with Crippen LogP contribution in [0.2, 0.25) is 0 Å². The zero-order chi connectivity index (χ0) is 14.8. The second-order valence-corrected chi connectivity index (χ2v) is 6.12. The second kappa shape index (κ2) is 5.88. The summed E-state index contributed by atoms with van der Waals surface area (Å²) in [6.45, 7) is 0. The molecule has 0 atom stereocenters. The van der Waals surface area contributed by atoms with Crippen molar-refractivity contribution in [2.45, 2.75) is 30.4 Å². The number of thioether (sulfide) groups is 1. The van der Waals surface area contributed by atoms with E-state index >= 15 is 0 Å². The summed E-state index contributed by atoms with van der Waals surface area (Å²) in [5.74, 6) is 3.48. The summed E-state index contributed by atoms with van der Waals surface area (Å²) in [6.07, 6.45) is 2.35. The average Bonchev–Trinajstić information content (AvgIpc) is 3.11. The van der Waals surface area contributed by atoms with Crippen molar-refractivity contribution in [3.8, 4) is 11.5 Å². The lowest BCUT2D eigenvalue weighted by Crippen LogP contribution is -2.02. The minimum atomic E-state index is 0.499. The van der Waals surface area contributed by atoms with E-state index in [-0.39, 0.29) is 0 Å². The molecule has 1 saturated carbocycles. The standard InChI is InChI=1S/C14H14N6OS/c1-2-4-10(5-3-1)14-17-16-13(21-14)9-22-8-12-15-18-19-20(12)11-6-7-11/h1-5,11H,6-9H2. The minimum Gasteiger partial charge on any atom is -0.420 e. The lowest BCUT2D eigenvalue weighted by Gasteiger charge is -2.00. The Kier molecular flexibility index (Phi) is 3.59. The minimum absolute atomic E-state index is 0.499. The number of aromatic nitrogens is 6. The van der Waals surface area contributed by atoms with Crippen LogP contribution in [0, 0.1) is 0 Å². The summed E-state index contributed by atoms with van der Waals surface area (Å²) in [6, 6.07) is 10.3. The zero-order valence-electron chi connectivity index (χ0n) is 11.8. The van der Waals surface area contributed by atoms with Gasteiger partial charge in [0.1, 0.15) is 0 Å². The molecule has 0 amide bonds. The number of tetrazole rings is 1. The van der Waals surface area contributed by atoms with Gasteiger partial charge in [-0.25, -0.2) is 4.68 Å². The lowest BCUT2D eigenvalue weighted by molar-refractivity contribution is 0.528. The molecule has 22 heavy (non-hydrogen) atoms. The van der Waals surface area contributed by atoms with Crippen molar-refractivity contribution in [1.82, 2.24) is 30.4 Å². The number of hydrogen-bond acceptors (Lipinski definition) is 7. The number of nitrogens with zero attached hydrogens (tertiary/aromatic N) is 6. The predicted octanol–water partition coefficient (Wildman–Crippen LogP) is 2.49. The molecular formula is C14H14N6OS. The van der Waals surface area contributed by atoms with Gasteiger partial charge in [-0.05, 0) is 35.4 Å². The van der Waals surface area contributed by atoms with E-state index in [1.165, 1.54) is 12.8 Å². The molecule has 7 nitrogen and oxygen atoms in total. The fourth-order valence-corrected chi connectivity index (χ4v) is 2.91. The summed E-state index contributed by atoms with van der Waals surface area (Å²) in [5.41, 5.74) is 0.934. The van der Waals surface area contributed by atoms with Gasteiger partial charge < -0.3 is 4.42 Å². The molecule has 0 bridgehead atoms. The highest BCUT2D eigenvalue weighted by Crippen LogP contribution is 2.35. The molecule has 0 spiro atoms. The maximum Gasteiger partial charge on any atom is 0.247 e. The van der Waals surface area contributed by atoms with Crippen LogP contribution in [-0.2, 0) is 11.5 Å². The van der Waals surface area contributed by atoms with Crippen LogP contribution in [0.25, 0.3) is 11.5 Å². The van der Waals surface area contributed by atoms with Gasteiger partial charge >= 0.3 is 0 Å². The van der Waals surface area contributed by atoms with E-state index in [0.29, 0.717) is 23.6 Å². The van der Waals surface area contributed by atoms with E-state index in [1.54, 1.807) is 11.8 Å². The van der Waals surface area contributed by atoms with E-state index in [9.17, 15) is 0 Å². The van der Waals surface area contributed by atoms with Crippen molar-refractivity contribution in [3.63, 3.8) is 0 Å². The Balaban J connectivity index is 1.36. The van der Waals surface area contributed by atoms with Crippen molar-refractivity contribution in [3.05, 3.63) is 42.0 Å². The molecular weight excluding hydrogens is 300 g/mol. The summed E-state index contributed by atoms with van der Waals surface area (Å²) in [4.78, 5) is 0. The molecule has 1 fully saturated rings. The van der Waals surface area contributed by atoms with Gasteiger partial charge in [-0.2, -0.15) is 0 Å². The van der Waals surface area contributed by atoms with E-state index < -0.39 is 0 Å². The molecule has 8 heteroatoms. The van der Waals surface area contributed by atoms with Crippen molar-refractivity contribution in [1.29, 1.82) is 0 Å². The van der Waals surface area contributed by atoms with E-state index in [1.807, 2.05) is 35.0 Å². The van der Waals surface area contributed by atoms with Gasteiger partial charge in [0.25, 0.3) is 0 Å². The molecule has 4 rings (SSSR count). The summed E-state index contributed by atoms with van der Waals surface area (Å²) < 4.78 is 7.60. The third kappa shape index (κ3) is 2.87. The topological polar surface area (TPSA) is 82.5 Å². The lowest BCUT2D eigenvalue weighted by atomic mass is 10.2. The monoisotopic (exact) mass is 314 g/mol. The van der Waals surface area contributed by atoms with E-state index in [2.05, 4.69) is 25.7 Å². The first-order valence-corrected chi connectivity index (χ1v) is 8.28. The second-order valence-electron chi connectivity index (χ2n) is 5.13. The SMILES string of the molecule is c1ccc(-c2nnc(CSCc3nnnn3C3CC3)o2)cc1. The van der Waals surface area contributed by atoms with Crippen molar-refractivity contribution in [2.24, 2.45) is 0 Å². The number of rotatable bonds is 6. The molecule has 1 aliphatic rings. The van der Waals surface area contributed by atoms with E-state index in [0.717, 1.165) is 17.1 Å². The molecule has 112 valence electrons. The summed E-state index contributed by atoms with van der Waals surface area (Å²) in [7, 11) is 0. The van der Waals surface area contributed by atoms with Gasteiger partial charge in [0, 0.05) is 5.56 Å². The Morgan fingerprint density at radius 3 is 2.77 bits per heavy atom. The van der Waals surface area contributed by atoms with Crippen molar-refractivity contribution < 1.29 is 4.42 Å². The molecule has 0 N–H and O–H groups in total. The normalized spacial score (nSPS) is 14.4. The molecule has 1 aliphatic carbocycles. The highest BCUT2D eigenvalue weighted by Gasteiger charge is 2.27. The van der Waals surface area contributed by atoms with Crippen molar-refractivity contribution in [2.75, 3.05) is 0 Å². The third-order valence-corrected chi connectivity index (χ3v) is 4.31. The van der Waals surface area contributed by atoms with E-state index in [4.69, 9.17) is 4.42 Å². The van der Waals surface area contributed by atoms with Crippen LogP contribution in [0.4, 0.5) is 0 Å². The molecule has 1 aromatic carbocycles. The highest BCUT2D eigenvalue weighted by atomic mass is 32.2. The molecule has 2 aromatic heterocycles. The first-order chi connectivity index (χ1) is 10.9. The Morgan fingerprint density at radius 2 is 1.95 bits per heavy atom. The summed E-state index contributed by atoms with van der Waals surface area (Å²) >= 11 is 1.67. The van der Waals surface area contributed by atoms with Crippen LogP contribution in [-0.4, -0.2) is 30.4 Å². The third-order valence-electron chi connectivity index (χ3n) is 3.40. The maximum atomic E-state index is 5.68. The van der Waals surface area contributed by atoms with Gasteiger partial charge in [-0.1, -0.05) is 18.2 Å². The first kappa shape index (κ1) is 13.4. The Hall–Kier alpha value is -2.22. The summed E-state index contributed by atoms with van der Waals surface area (Å²) in [5, 5.41) is 20.0. The van der Waals surface area contributed by atoms with Crippen LogP contribution < -0.4 is 0 Å². The fraction of sp³-hybridized carbons (Fsp3) is 0.357. The quantitative estimate of drug-likeness (QED) is 0.691. The molecule has 0 unspecified atom stereocenters. The van der Waals surface area contributed by atoms with Crippen LogP contribution in [0.1, 0.15) is 30.6 Å². The number of hydrogen-bond donors (Lipinski definition) is 0. The molecule has 2 heterocycles. The van der Waals surface area contributed by atoms with Gasteiger partial charge in [0.15, 0.2) is 5.82 Å². The fourth-order valence-electron chi connectivity index (χ4n) is 2.15. The Morgan fingerprint density at radius 1 is 1.09 bits per heavy atom. The van der Waals surface area contributed by atoms with Crippen LogP contribution >= 0.6 is 11.8 Å².